The molecule has 64 heavy (non-hydrogen) atoms. The van der Waals surface area contributed by atoms with Gasteiger partial charge in [-0.1, -0.05) is 158 Å². The maximum absolute atomic E-state index is 6.46. The molecule has 0 radical (unpaired) electrons. The number of para-hydroxylation sites is 7. The van der Waals surface area contributed by atoms with Crippen LogP contribution >= 0.6 is 0 Å². The molecular weight excluding hydrogens is 779 g/mol. The van der Waals surface area contributed by atoms with E-state index in [1.807, 2.05) is 6.07 Å². The monoisotopic (exact) mass is 817 g/mol. The molecule has 0 aliphatic rings. The maximum atomic E-state index is 6.46. The summed E-state index contributed by atoms with van der Waals surface area (Å²) in [6, 6.07) is 85.1. The van der Waals surface area contributed by atoms with Gasteiger partial charge in [-0.3, -0.25) is 0 Å². The molecule has 4 nitrogen and oxygen atoms in total. The lowest BCUT2D eigenvalue weighted by atomic mass is 10.0. The van der Waals surface area contributed by atoms with E-state index in [1.165, 1.54) is 54.7 Å². The van der Waals surface area contributed by atoms with Gasteiger partial charge in [0.2, 0.25) is 0 Å². The molecule has 3 aromatic heterocycles. The molecule has 0 N–H and O–H groups in total. The fourth-order valence-electron chi connectivity index (χ4n) is 10.1. The van der Waals surface area contributed by atoms with Crippen molar-refractivity contribution in [3.05, 3.63) is 237 Å². The number of benzene rings is 10. The molecule has 0 saturated heterocycles. The van der Waals surface area contributed by atoms with E-state index in [9.17, 15) is 0 Å². The van der Waals surface area contributed by atoms with Gasteiger partial charge < -0.3 is 18.5 Å². The standard InChI is InChI=1S/C60H39N3O/c1-8-23-51(62-53-25-10-3-18-46(53)47-19-4-11-26-54(47)62)44(16-1)40-32-36-42(37-33-40)61(57-29-15-31-59-60(57)50-22-7-14-30-58(50)64-59)43-38-34-41(35-39-43)45-17-2-9-24-52(45)63-55-27-12-5-20-48(55)49-21-6-13-28-56(49)63/h1-39H. The molecule has 0 amide bonds. The zero-order valence-electron chi connectivity index (χ0n) is 34.8. The molecule has 0 aliphatic heterocycles. The Balaban J connectivity index is 0.954. The highest BCUT2D eigenvalue weighted by atomic mass is 16.3. The summed E-state index contributed by atoms with van der Waals surface area (Å²) >= 11 is 0. The first kappa shape index (κ1) is 36.1. The van der Waals surface area contributed by atoms with Crippen LogP contribution in [-0.4, -0.2) is 9.13 Å². The van der Waals surface area contributed by atoms with Crippen molar-refractivity contribution >= 4 is 82.6 Å². The third kappa shape index (κ3) is 5.56. The summed E-state index contributed by atoms with van der Waals surface area (Å²) < 4.78 is 11.3. The minimum atomic E-state index is 0.858. The topological polar surface area (TPSA) is 26.2 Å². The number of aromatic nitrogens is 2. The molecular formula is C60H39N3O. The van der Waals surface area contributed by atoms with Crippen molar-refractivity contribution < 1.29 is 4.42 Å². The molecule has 13 rings (SSSR count). The van der Waals surface area contributed by atoms with E-state index < -0.39 is 0 Å². The SMILES string of the molecule is c1ccc(-n2c3ccccc3c3ccccc32)c(-c2ccc(N(c3ccc(-c4ccccc4-n4c5ccccc5c5ccccc54)cc3)c3cccc4oc5ccccc5c34)cc2)c1. The summed E-state index contributed by atoms with van der Waals surface area (Å²) in [5, 5.41) is 7.18. The average Bonchev–Trinajstić information content (AvgIpc) is 4.03. The van der Waals surface area contributed by atoms with E-state index in [2.05, 4.69) is 245 Å². The first-order valence-corrected chi connectivity index (χ1v) is 21.8. The van der Waals surface area contributed by atoms with Gasteiger partial charge in [-0.25, -0.2) is 0 Å². The Hall–Kier alpha value is -8.60. The van der Waals surface area contributed by atoms with Crippen molar-refractivity contribution in [1.29, 1.82) is 0 Å². The number of nitrogens with zero attached hydrogens (tertiary/aromatic N) is 3. The van der Waals surface area contributed by atoms with E-state index >= 15 is 0 Å². The van der Waals surface area contributed by atoms with Crippen molar-refractivity contribution in [3.8, 4) is 33.6 Å². The van der Waals surface area contributed by atoms with Crippen LogP contribution in [0.2, 0.25) is 0 Å². The highest BCUT2D eigenvalue weighted by molar-refractivity contribution is 6.14. The lowest BCUT2D eigenvalue weighted by molar-refractivity contribution is 0.669. The third-order valence-electron chi connectivity index (χ3n) is 12.9. The zero-order chi connectivity index (χ0) is 42.1. The van der Waals surface area contributed by atoms with Gasteiger partial charge in [0.25, 0.3) is 0 Å². The fourth-order valence-corrected chi connectivity index (χ4v) is 10.1. The van der Waals surface area contributed by atoms with E-state index in [0.29, 0.717) is 0 Å². The molecule has 0 spiro atoms. The Morgan fingerprint density at radius 1 is 0.297 bits per heavy atom. The summed E-state index contributed by atoms with van der Waals surface area (Å²) in [6.07, 6.45) is 0. The molecule has 0 atom stereocenters. The second kappa shape index (κ2) is 14.5. The number of fused-ring (bicyclic) bond motifs is 9. The van der Waals surface area contributed by atoms with Crippen LogP contribution in [-0.2, 0) is 0 Å². The second-order valence-electron chi connectivity index (χ2n) is 16.5. The van der Waals surface area contributed by atoms with Crippen molar-refractivity contribution in [3.63, 3.8) is 0 Å². The van der Waals surface area contributed by atoms with Crippen LogP contribution in [0.15, 0.2) is 241 Å². The normalized spacial score (nSPS) is 11.8. The van der Waals surface area contributed by atoms with E-state index in [-0.39, 0.29) is 0 Å². The molecule has 0 unspecified atom stereocenters. The minimum absolute atomic E-state index is 0.858. The van der Waals surface area contributed by atoms with Crippen LogP contribution in [0, 0.1) is 0 Å². The largest absolute Gasteiger partial charge is 0.456 e. The molecule has 0 saturated carbocycles. The fraction of sp³-hybridized carbons (Fsp3) is 0. The van der Waals surface area contributed by atoms with Gasteiger partial charge in [0.1, 0.15) is 11.2 Å². The number of hydrogen-bond donors (Lipinski definition) is 0. The Bertz CT molecular complexity index is 3600. The van der Waals surface area contributed by atoms with E-state index in [4.69, 9.17) is 4.42 Å². The maximum Gasteiger partial charge on any atom is 0.137 e. The second-order valence-corrected chi connectivity index (χ2v) is 16.5. The molecule has 0 bridgehead atoms. The van der Waals surface area contributed by atoms with Crippen LogP contribution in [0.5, 0.6) is 0 Å². The molecule has 0 aliphatic carbocycles. The average molecular weight is 818 g/mol. The number of rotatable bonds is 7. The summed E-state index contributed by atoms with van der Waals surface area (Å²) in [5.41, 5.74) is 16.6. The molecule has 300 valence electrons. The van der Waals surface area contributed by atoms with Crippen LogP contribution in [0.1, 0.15) is 0 Å². The quantitative estimate of drug-likeness (QED) is 0.160. The van der Waals surface area contributed by atoms with Crippen molar-refractivity contribution in [2.24, 2.45) is 0 Å². The third-order valence-corrected chi connectivity index (χ3v) is 12.9. The summed E-state index contributed by atoms with van der Waals surface area (Å²) in [7, 11) is 0. The predicted molar refractivity (Wildman–Crippen MR) is 268 cm³/mol. The van der Waals surface area contributed by atoms with Crippen molar-refractivity contribution in [2.75, 3.05) is 4.90 Å². The predicted octanol–water partition coefficient (Wildman–Crippen LogP) is 16.6. The van der Waals surface area contributed by atoms with Crippen molar-refractivity contribution in [2.45, 2.75) is 0 Å². The van der Waals surface area contributed by atoms with Crippen LogP contribution in [0.3, 0.4) is 0 Å². The minimum Gasteiger partial charge on any atom is -0.456 e. The molecule has 0 fully saturated rings. The first-order valence-electron chi connectivity index (χ1n) is 21.8. The van der Waals surface area contributed by atoms with Crippen molar-refractivity contribution in [1.82, 2.24) is 9.13 Å². The van der Waals surface area contributed by atoms with Crippen LogP contribution in [0.25, 0.3) is 99.2 Å². The molecule has 10 aromatic carbocycles. The van der Waals surface area contributed by atoms with Gasteiger partial charge in [0, 0.05) is 49.4 Å². The number of hydrogen-bond acceptors (Lipinski definition) is 2. The van der Waals surface area contributed by atoms with Crippen LogP contribution < -0.4 is 4.90 Å². The molecule has 3 heterocycles. The van der Waals surface area contributed by atoms with E-state index in [1.54, 1.807) is 0 Å². The van der Waals surface area contributed by atoms with Gasteiger partial charge in [-0.15, -0.1) is 0 Å². The molecule has 4 heteroatoms. The van der Waals surface area contributed by atoms with Gasteiger partial charge in [-0.2, -0.15) is 0 Å². The Labute approximate surface area is 369 Å². The summed E-state index contributed by atoms with van der Waals surface area (Å²) in [4.78, 5) is 2.37. The smallest absolute Gasteiger partial charge is 0.137 e. The van der Waals surface area contributed by atoms with Gasteiger partial charge in [0.15, 0.2) is 0 Å². The highest BCUT2D eigenvalue weighted by Gasteiger charge is 2.22. The van der Waals surface area contributed by atoms with E-state index in [0.717, 1.165) is 61.5 Å². The summed E-state index contributed by atoms with van der Waals surface area (Å²) in [6.45, 7) is 0. The first-order chi connectivity index (χ1) is 31.8. The van der Waals surface area contributed by atoms with Gasteiger partial charge >= 0.3 is 0 Å². The summed E-state index contributed by atoms with van der Waals surface area (Å²) in [5.74, 6) is 0. The molecule has 13 aromatic rings. The number of furan rings is 1. The number of anilines is 3. The zero-order valence-corrected chi connectivity index (χ0v) is 34.8. The van der Waals surface area contributed by atoms with Crippen LogP contribution in [0.4, 0.5) is 17.1 Å². The van der Waals surface area contributed by atoms with Gasteiger partial charge in [0.05, 0.1) is 44.5 Å². The Morgan fingerprint density at radius 3 is 1.14 bits per heavy atom. The Morgan fingerprint density at radius 2 is 0.672 bits per heavy atom. The highest BCUT2D eigenvalue weighted by Crippen LogP contribution is 2.45. The lowest BCUT2D eigenvalue weighted by Gasteiger charge is -2.27. The van der Waals surface area contributed by atoms with Gasteiger partial charge in [-0.05, 0) is 90.0 Å². The Kier molecular flexibility index (Phi) is 8.18. The lowest BCUT2D eigenvalue weighted by Crippen LogP contribution is -2.10.